The van der Waals surface area contributed by atoms with Crippen molar-refractivity contribution in [2.45, 2.75) is 43.6 Å². The van der Waals surface area contributed by atoms with Crippen molar-refractivity contribution in [3.05, 3.63) is 29.8 Å². The van der Waals surface area contributed by atoms with Crippen molar-refractivity contribution in [1.29, 1.82) is 0 Å². The van der Waals surface area contributed by atoms with Crippen molar-refractivity contribution < 1.29 is 26.3 Å². The van der Waals surface area contributed by atoms with Crippen LogP contribution in [0.25, 0.3) is 0 Å². The third-order valence-corrected chi connectivity index (χ3v) is 3.63. The summed E-state index contributed by atoms with van der Waals surface area (Å²) in [6.07, 6.45) is 1.51. The Labute approximate surface area is 139 Å². The Balaban J connectivity index is 2.72. The second-order valence-corrected chi connectivity index (χ2v) is 5.04. The Kier molecular flexibility index (Phi) is 1.97. The topological polar surface area (TPSA) is 32.7 Å². The molecule has 0 aliphatic heterocycles. The van der Waals surface area contributed by atoms with Gasteiger partial charge in [0.05, 0.1) is 16.8 Å². The molecule has 0 saturated heterocycles. The molecule has 1 aromatic carbocycles. The van der Waals surface area contributed by atoms with Crippen LogP contribution in [0.15, 0.2) is 24.3 Å². The Bertz CT molecular complexity index is 767. The van der Waals surface area contributed by atoms with Crippen LogP contribution in [0.1, 0.15) is 60.0 Å². The van der Waals surface area contributed by atoms with E-state index in [0.29, 0.717) is 12.8 Å². The van der Waals surface area contributed by atoms with E-state index in [1.807, 2.05) is 0 Å². The van der Waals surface area contributed by atoms with Gasteiger partial charge in [0, 0.05) is 24.7 Å². The Morgan fingerprint density at radius 2 is 2.05 bits per heavy atom. The van der Waals surface area contributed by atoms with Crippen LogP contribution < -0.4 is 4.74 Å². The molecule has 1 N–H and O–H groups in total. The smallest absolute Gasteiger partial charge is 0.118 e. The molecule has 0 bridgehead atoms. The normalized spacial score (nSPS) is 32.9. The van der Waals surface area contributed by atoms with E-state index in [2.05, 4.69) is 0 Å². The van der Waals surface area contributed by atoms with Crippen LogP contribution in [0.2, 0.25) is 0 Å². The first-order valence-corrected chi connectivity index (χ1v) is 6.58. The van der Waals surface area contributed by atoms with E-state index in [0.717, 1.165) is 30.7 Å². The van der Waals surface area contributed by atoms with Gasteiger partial charge in [-0.1, -0.05) is 31.4 Å². The maximum absolute atomic E-state index is 11.5. The zero-order valence-electron chi connectivity index (χ0n) is 23.1. The molecule has 1 fully saturated rings. The summed E-state index contributed by atoms with van der Waals surface area (Å²) in [7, 11) is -2.75. The minimum absolute atomic E-state index is 0.0423. The highest BCUT2D eigenvalue weighted by Crippen LogP contribution is 2.40. The molecule has 0 aromatic heterocycles. The van der Waals surface area contributed by atoms with Crippen LogP contribution in [-0.2, 0) is 0 Å². The maximum Gasteiger partial charge on any atom is 0.118 e. The molecule has 1 atom stereocenters. The third kappa shape index (κ3) is 3.53. The Morgan fingerprint density at radius 3 is 2.65 bits per heavy atom. The lowest BCUT2D eigenvalue weighted by atomic mass is 9.72. The van der Waals surface area contributed by atoms with Crippen LogP contribution >= 0.6 is 0 Å². The molecule has 1 aliphatic rings. The van der Waals surface area contributed by atoms with Crippen molar-refractivity contribution in [2.24, 2.45) is 0 Å². The molecular weight excluding hydrogens is 250 g/mol. The van der Waals surface area contributed by atoms with Gasteiger partial charge in [0.15, 0.2) is 0 Å². The largest absolute Gasteiger partial charge is 0.497 e. The number of ether oxygens (including phenoxy) is 1. The third-order valence-electron chi connectivity index (χ3n) is 3.63. The summed E-state index contributed by atoms with van der Waals surface area (Å²) < 4.78 is 98.8. The predicted molar refractivity (Wildman–Crippen MR) is 82.3 cm³/mol. The first-order valence-electron chi connectivity index (χ1n) is 12.6. The van der Waals surface area contributed by atoms with Crippen molar-refractivity contribution in [2.75, 3.05) is 27.5 Å². The number of likely N-dealkylation sites (N-methyl/N-ethyl adjacent to an activating group) is 1. The van der Waals surface area contributed by atoms with E-state index in [1.54, 1.807) is 0 Å². The lowest BCUT2D eigenvalue weighted by molar-refractivity contribution is -0.0277. The van der Waals surface area contributed by atoms with Gasteiger partial charge in [-0.2, -0.15) is 0 Å². The van der Waals surface area contributed by atoms with Crippen LogP contribution in [0.4, 0.5) is 0 Å². The summed E-state index contributed by atoms with van der Waals surface area (Å²) in [6.45, 7) is -10.3. The summed E-state index contributed by atoms with van der Waals surface area (Å²) >= 11 is 0. The average Bonchev–Trinajstić information content (AvgIpc) is 2.57. The fourth-order valence-electron chi connectivity index (χ4n) is 2.63. The molecule has 1 aliphatic carbocycles. The van der Waals surface area contributed by atoms with Crippen LogP contribution in [0.3, 0.4) is 0 Å². The molecule has 3 nitrogen and oxygen atoms in total. The van der Waals surface area contributed by atoms with Gasteiger partial charge in [-0.25, -0.2) is 0 Å². The van der Waals surface area contributed by atoms with E-state index in [1.165, 1.54) is 0 Å². The monoisotopic (exact) mass is 289 g/mol. The lowest BCUT2D eigenvalue weighted by Crippen LogP contribution is -2.42. The molecule has 3 heteroatoms. The van der Waals surface area contributed by atoms with Crippen LogP contribution in [0, 0.1) is 0 Å². The molecule has 0 heterocycles. The Morgan fingerprint density at radius 1 is 1.35 bits per heavy atom. The molecule has 0 spiro atoms. The fourth-order valence-corrected chi connectivity index (χ4v) is 2.63. The lowest BCUT2D eigenvalue weighted by Gasteiger charge is -2.40. The summed E-state index contributed by atoms with van der Waals surface area (Å²) in [6, 6.07) is 4.61. The number of hydrogen-bond acceptors (Lipinski definition) is 3. The highest BCUT2D eigenvalue weighted by atomic mass is 16.5. The first-order chi connectivity index (χ1) is 14.3. The molecule has 112 valence electrons. The molecule has 0 unspecified atom stereocenters. The van der Waals surface area contributed by atoms with Crippen molar-refractivity contribution in [3.8, 4) is 5.75 Å². The number of nitrogens with zero attached hydrogens (tertiary/aromatic N) is 1. The van der Waals surface area contributed by atoms with E-state index in [9.17, 15) is 6.48 Å². The molecule has 20 heavy (non-hydrogen) atoms. The molecule has 0 amide bonds. The van der Waals surface area contributed by atoms with Crippen LogP contribution in [0.5, 0.6) is 5.75 Å². The average molecular weight is 289 g/mol. The van der Waals surface area contributed by atoms with E-state index in [-0.39, 0.29) is 29.1 Å². The number of benzene rings is 1. The van der Waals surface area contributed by atoms with Gasteiger partial charge in [-0.05, 0) is 44.5 Å². The second kappa shape index (κ2) is 6.59. The Hall–Kier alpha value is -1.06. The predicted octanol–water partition coefficient (Wildman–Crippen LogP) is 3.04. The van der Waals surface area contributed by atoms with Crippen molar-refractivity contribution in [1.82, 2.24) is 4.90 Å². The van der Waals surface area contributed by atoms with Gasteiger partial charge in [0.1, 0.15) is 5.75 Å². The first kappa shape index (κ1) is 5.98. The fraction of sp³-hybridized carbons (Fsp3) is 0.647. The van der Waals surface area contributed by atoms with E-state index < -0.39 is 39.0 Å². The summed E-state index contributed by atoms with van der Waals surface area (Å²) in [5.74, 6) is -2.86. The summed E-state index contributed by atoms with van der Waals surface area (Å²) in [4.78, 5) is -0.320. The van der Waals surface area contributed by atoms with Crippen molar-refractivity contribution >= 4 is 0 Å². The minimum Gasteiger partial charge on any atom is -0.497 e. The minimum atomic E-state index is -3.45. The van der Waals surface area contributed by atoms with Gasteiger partial charge in [-0.3, -0.25) is 0 Å². The number of rotatable bonds is 5. The van der Waals surface area contributed by atoms with E-state index in [4.69, 9.17) is 19.8 Å². The maximum atomic E-state index is 11.5. The van der Waals surface area contributed by atoms with Gasteiger partial charge >= 0.3 is 0 Å². The highest BCUT2D eigenvalue weighted by molar-refractivity contribution is 5.31. The molecule has 2 rings (SSSR count). The number of hydrogen-bond donors (Lipinski definition) is 1. The molecule has 1 saturated carbocycles. The zero-order chi connectivity index (χ0) is 24.8. The molecule has 0 radical (unpaired) electrons. The summed E-state index contributed by atoms with van der Waals surface area (Å²) in [5.41, 5.74) is -2.29. The van der Waals surface area contributed by atoms with Crippen LogP contribution in [-0.4, -0.2) is 43.1 Å². The van der Waals surface area contributed by atoms with Gasteiger partial charge in [0.2, 0.25) is 0 Å². The quantitative estimate of drug-likeness (QED) is 0.904. The SMILES string of the molecule is [2H]C([2H])([2H])Oc1ccc([C@]([2H])(C2(O)CCCCC2)C([2H])([2H])N(C([2H])([2H])[2H])C([2H])([2H])[2H])cc1. The zero-order valence-corrected chi connectivity index (χ0v) is 11.1. The van der Waals surface area contributed by atoms with Crippen molar-refractivity contribution in [3.63, 3.8) is 0 Å². The molecular formula is C17H27NO2. The highest BCUT2D eigenvalue weighted by Gasteiger charge is 2.38. The number of methoxy groups -OCH3 is 1. The van der Waals surface area contributed by atoms with E-state index >= 15 is 0 Å². The molecule has 1 aromatic rings. The van der Waals surface area contributed by atoms with Gasteiger partial charge < -0.3 is 14.7 Å². The van der Waals surface area contributed by atoms with Gasteiger partial charge in [-0.15, -0.1) is 0 Å². The number of aliphatic hydroxyl groups is 1. The summed E-state index contributed by atoms with van der Waals surface area (Å²) in [5, 5.41) is 11.5. The second-order valence-electron chi connectivity index (χ2n) is 5.04. The van der Waals surface area contributed by atoms with Gasteiger partial charge in [0.25, 0.3) is 0 Å². The standard InChI is InChI=1S/C17H27NO2/c1-18(2)13-16(17(19)11-5-4-6-12-17)14-7-9-15(20-3)10-8-14/h7-10,16,19H,4-6,11-13H2,1-3H3/t16-/m1/s1/i1D3,2D3,3D3,13D2,16D.